The highest BCUT2D eigenvalue weighted by Gasteiger charge is 2.16. The Hall–Kier alpha value is -1.75. The van der Waals surface area contributed by atoms with Crippen LogP contribution in [0.2, 0.25) is 0 Å². The molecule has 84 valence electrons. The Balaban J connectivity index is 2.45. The molecule has 0 aliphatic carbocycles. The van der Waals surface area contributed by atoms with E-state index >= 15 is 0 Å². The van der Waals surface area contributed by atoms with Crippen molar-refractivity contribution in [2.45, 2.75) is 6.04 Å². The number of rotatable bonds is 2. The summed E-state index contributed by atoms with van der Waals surface area (Å²) in [5.41, 5.74) is 6.62. The lowest BCUT2D eigenvalue weighted by molar-refractivity contribution is 0.571. The van der Waals surface area contributed by atoms with Gasteiger partial charge in [-0.15, -0.1) is 0 Å². The minimum atomic E-state index is -0.719. The quantitative estimate of drug-likeness (QED) is 0.842. The summed E-state index contributed by atoms with van der Waals surface area (Å²) in [6.07, 6.45) is 3.10. The van der Waals surface area contributed by atoms with Crippen molar-refractivity contribution < 1.29 is 8.78 Å². The molecule has 3 nitrogen and oxygen atoms in total. The number of nitrogens with two attached hydrogens (primary N) is 1. The van der Waals surface area contributed by atoms with E-state index in [0.29, 0.717) is 5.69 Å². The monoisotopic (exact) mass is 223 g/mol. The minimum absolute atomic E-state index is 0.128. The SMILES string of the molecule is Cn1cncc1C(N)c1cc(F)ccc1F. The Morgan fingerprint density at radius 2 is 2.12 bits per heavy atom. The maximum Gasteiger partial charge on any atom is 0.128 e. The van der Waals surface area contributed by atoms with Crippen molar-refractivity contribution in [3.63, 3.8) is 0 Å². The maximum absolute atomic E-state index is 13.5. The zero-order valence-corrected chi connectivity index (χ0v) is 8.69. The fraction of sp³-hybridized carbons (Fsp3) is 0.182. The molecule has 2 rings (SSSR count). The summed E-state index contributed by atoms with van der Waals surface area (Å²) >= 11 is 0. The third-order valence-corrected chi connectivity index (χ3v) is 2.47. The summed E-state index contributed by atoms with van der Waals surface area (Å²) in [6, 6.07) is 2.52. The van der Waals surface area contributed by atoms with Gasteiger partial charge in [0.15, 0.2) is 0 Å². The number of hydrogen-bond donors (Lipinski definition) is 1. The second-order valence-electron chi connectivity index (χ2n) is 3.57. The van der Waals surface area contributed by atoms with Crippen LogP contribution in [0.25, 0.3) is 0 Å². The molecule has 1 heterocycles. The van der Waals surface area contributed by atoms with Crippen molar-refractivity contribution in [2.24, 2.45) is 12.8 Å². The summed E-state index contributed by atoms with van der Waals surface area (Å²) in [6.45, 7) is 0. The first kappa shape index (κ1) is 10.8. The van der Waals surface area contributed by atoms with Gasteiger partial charge in [0, 0.05) is 12.6 Å². The molecule has 0 aliphatic heterocycles. The van der Waals surface area contributed by atoms with E-state index in [1.54, 1.807) is 17.9 Å². The standard InChI is InChI=1S/C11H11F2N3/c1-16-6-15-5-10(16)11(14)8-4-7(12)2-3-9(8)13/h2-6,11H,14H2,1H3. The molecule has 0 spiro atoms. The van der Waals surface area contributed by atoms with Crippen LogP contribution in [0.15, 0.2) is 30.7 Å². The lowest BCUT2D eigenvalue weighted by atomic mass is 10.0. The molecule has 1 atom stereocenters. The lowest BCUT2D eigenvalue weighted by Crippen LogP contribution is -2.16. The molecule has 1 aromatic heterocycles. The van der Waals surface area contributed by atoms with Crippen LogP contribution in [0.4, 0.5) is 8.78 Å². The number of aromatic nitrogens is 2. The van der Waals surface area contributed by atoms with Gasteiger partial charge in [0.2, 0.25) is 0 Å². The number of imidazole rings is 1. The molecule has 1 unspecified atom stereocenters. The van der Waals surface area contributed by atoms with Gasteiger partial charge in [-0.2, -0.15) is 0 Å². The van der Waals surface area contributed by atoms with Gasteiger partial charge < -0.3 is 10.3 Å². The Morgan fingerprint density at radius 3 is 2.75 bits per heavy atom. The Labute approximate surface area is 91.5 Å². The summed E-state index contributed by atoms with van der Waals surface area (Å²) in [5, 5.41) is 0. The smallest absolute Gasteiger partial charge is 0.128 e. The molecular formula is C11H11F2N3. The van der Waals surface area contributed by atoms with Gasteiger partial charge in [0.1, 0.15) is 11.6 Å². The summed E-state index contributed by atoms with van der Waals surface area (Å²) in [4.78, 5) is 3.89. The molecular weight excluding hydrogens is 212 g/mol. The van der Waals surface area contributed by atoms with Gasteiger partial charge >= 0.3 is 0 Å². The summed E-state index contributed by atoms with van der Waals surface area (Å²) in [7, 11) is 1.75. The predicted molar refractivity (Wildman–Crippen MR) is 55.6 cm³/mol. The van der Waals surface area contributed by atoms with Crippen LogP contribution in [-0.2, 0) is 7.05 Å². The largest absolute Gasteiger partial charge is 0.336 e. The molecule has 0 bridgehead atoms. The third kappa shape index (κ3) is 1.81. The van der Waals surface area contributed by atoms with Crippen LogP contribution in [0.3, 0.4) is 0 Å². The van der Waals surface area contributed by atoms with Crippen LogP contribution in [0.1, 0.15) is 17.3 Å². The maximum atomic E-state index is 13.5. The van der Waals surface area contributed by atoms with Crippen molar-refractivity contribution in [1.29, 1.82) is 0 Å². The van der Waals surface area contributed by atoms with E-state index in [-0.39, 0.29) is 5.56 Å². The molecule has 0 radical (unpaired) electrons. The van der Waals surface area contributed by atoms with Gasteiger partial charge in [-0.3, -0.25) is 0 Å². The predicted octanol–water partition coefficient (Wildman–Crippen LogP) is 1.75. The van der Waals surface area contributed by atoms with E-state index in [4.69, 9.17) is 5.73 Å². The number of aryl methyl sites for hydroxylation is 1. The van der Waals surface area contributed by atoms with Crippen molar-refractivity contribution in [3.8, 4) is 0 Å². The van der Waals surface area contributed by atoms with Crippen LogP contribution in [0.5, 0.6) is 0 Å². The van der Waals surface area contributed by atoms with Crippen LogP contribution in [-0.4, -0.2) is 9.55 Å². The van der Waals surface area contributed by atoms with E-state index in [1.807, 2.05) is 0 Å². The fourth-order valence-electron chi connectivity index (χ4n) is 1.58. The second-order valence-corrected chi connectivity index (χ2v) is 3.57. The Bertz CT molecular complexity index is 508. The molecule has 0 amide bonds. The molecule has 1 aromatic carbocycles. The first-order valence-corrected chi connectivity index (χ1v) is 4.76. The first-order chi connectivity index (χ1) is 7.59. The van der Waals surface area contributed by atoms with E-state index in [1.165, 1.54) is 6.20 Å². The number of hydrogen-bond acceptors (Lipinski definition) is 2. The van der Waals surface area contributed by atoms with Gasteiger partial charge in [-0.1, -0.05) is 0 Å². The minimum Gasteiger partial charge on any atom is -0.336 e. The molecule has 16 heavy (non-hydrogen) atoms. The third-order valence-electron chi connectivity index (χ3n) is 2.47. The van der Waals surface area contributed by atoms with Gasteiger partial charge in [0.05, 0.1) is 24.3 Å². The fourth-order valence-corrected chi connectivity index (χ4v) is 1.58. The molecule has 2 aromatic rings. The highest BCUT2D eigenvalue weighted by molar-refractivity contribution is 5.28. The van der Waals surface area contributed by atoms with E-state index in [9.17, 15) is 8.78 Å². The van der Waals surface area contributed by atoms with Crippen LogP contribution >= 0.6 is 0 Å². The van der Waals surface area contributed by atoms with Gasteiger partial charge in [-0.05, 0) is 18.2 Å². The molecule has 5 heteroatoms. The second kappa shape index (κ2) is 4.02. The number of halogens is 2. The van der Waals surface area contributed by atoms with E-state index in [2.05, 4.69) is 4.98 Å². The van der Waals surface area contributed by atoms with E-state index < -0.39 is 17.7 Å². The van der Waals surface area contributed by atoms with Gasteiger partial charge in [-0.25, -0.2) is 13.8 Å². The van der Waals surface area contributed by atoms with Crippen molar-refractivity contribution in [1.82, 2.24) is 9.55 Å². The number of benzene rings is 1. The number of nitrogens with zero attached hydrogens (tertiary/aromatic N) is 2. The normalized spacial score (nSPS) is 12.8. The summed E-state index contributed by atoms with van der Waals surface area (Å²) in [5.74, 6) is -1.02. The van der Waals surface area contributed by atoms with Crippen molar-refractivity contribution >= 4 is 0 Å². The first-order valence-electron chi connectivity index (χ1n) is 4.76. The lowest BCUT2D eigenvalue weighted by Gasteiger charge is -2.13. The van der Waals surface area contributed by atoms with Gasteiger partial charge in [0.25, 0.3) is 0 Å². The highest BCUT2D eigenvalue weighted by atomic mass is 19.1. The topological polar surface area (TPSA) is 43.8 Å². The van der Waals surface area contributed by atoms with Crippen LogP contribution in [0, 0.1) is 11.6 Å². The summed E-state index contributed by atoms with van der Waals surface area (Å²) < 4.78 is 28.1. The molecule has 0 saturated heterocycles. The molecule has 0 saturated carbocycles. The molecule has 0 aliphatic rings. The Kier molecular flexibility index (Phi) is 2.70. The van der Waals surface area contributed by atoms with E-state index in [0.717, 1.165) is 18.2 Å². The average molecular weight is 223 g/mol. The van der Waals surface area contributed by atoms with Crippen LogP contribution < -0.4 is 5.73 Å². The van der Waals surface area contributed by atoms with Crippen molar-refractivity contribution in [3.05, 3.63) is 53.6 Å². The zero-order chi connectivity index (χ0) is 11.7. The average Bonchev–Trinajstić information content (AvgIpc) is 2.67. The molecule has 2 N–H and O–H groups in total. The van der Waals surface area contributed by atoms with Crippen molar-refractivity contribution in [2.75, 3.05) is 0 Å². The zero-order valence-electron chi connectivity index (χ0n) is 8.69. The highest BCUT2D eigenvalue weighted by Crippen LogP contribution is 2.22. The Morgan fingerprint density at radius 1 is 1.38 bits per heavy atom. The molecule has 0 fully saturated rings.